The van der Waals surface area contributed by atoms with E-state index in [0.717, 1.165) is 13.0 Å². The van der Waals surface area contributed by atoms with Gasteiger partial charge in [0.15, 0.2) is 0 Å². The topological polar surface area (TPSA) is 58.6 Å². The molecule has 1 aliphatic heterocycles. The molecule has 0 amide bonds. The van der Waals surface area contributed by atoms with Crippen LogP contribution in [-0.2, 0) is 9.53 Å². The molecule has 1 atom stereocenters. The van der Waals surface area contributed by atoms with Crippen LogP contribution in [-0.4, -0.2) is 37.4 Å². The van der Waals surface area contributed by atoms with Crippen LogP contribution >= 0.6 is 0 Å². The summed E-state index contributed by atoms with van der Waals surface area (Å²) in [5, 5.41) is 12.2. The van der Waals surface area contributed by atoms with Gasteiger partial charge in [0.05, 0.1) is 13.2 Å². The van der Waals surface area contributed by atoms with Gasteiger partial charge >= 0.3 is 5.97 Å². The summed E-state index contributed by atoms with van der Waals surface area (Å²) in [5.74, 6) is -0.770. The fourth-order valence-electron chi connectivity index (χ4n) is 1.67. The Labute approximate surface area is 83.9 Å². The van der Waals surface area contributed by atoms with E-state index in [4.69, 9.17) is 9.84 Å². The molecule has 80 valence electrons. The molecule has 0 bridgehead atoms. The number of hydrogen-bond acceptors (Lipinski definition) is 3. The number of ether oxygens (including phenoxy) is 1. The van der Waals surface area contributed by atoms with Crippen molar-refractivity contribution >= 4 is 5.97 Å². The van der Waals surface area contributed by atoms with Gasteiger partial charge in [-0.25, -0.2) is 0 Å². The van der Waals surface area contributed by atoms with Crippen LogP contribution in [0, 0.1) is 5.41 Å². The Morgan fingerprint density at radius 3 is 3.00 bits per heavy atom. The second-order valence-electron chi connectivity index (χ2n) is 3.67. The van der Waals surface area contributed by atoms with Gasteiger partial charge in [-0.2, -0.15) is 0 Å². The zero-order chi connectivity index (χ0) is 10.4. The summed E-state index contributed by atoms with van der Waals surface area (Å²) in [7, 11) is 0. The molecule has 1 fully saturated rings. The highest BCUT2D eigenvalue weighted by molar-refractivity contribution is 5.75. The molecule has 4 nitrogen and oxygen atoms in total. The lowest BCUT2D eigenvalue weighted by Gasteiger charge is -2.33. The van der Waals surface area contributed by atoms with Crippen molar-refractivity contribution in [1.82, 2.24) is 5.32 Å². The smallest absolute Gasteiger partial charge is 0.313 e. The van der Waals surface area contributed by atoms with Crippen molar-refractivity contribution in [1.29, 1.82) is 0 Å². The molecule has 0 aromatic rings. The Morgan fingerprint density at radius 1 is 1.71 bits per heavy atom. The number of rotatable bonds is 5. The first-order valence-corrected chi connectivity index (χ1v) is 4.84. The van der Waals surface area contributed by atoms with Gasteiger partial charge in [0.25, 0.3) is 0 Å². The van der Waals surface area contributed by atoms with E-state index in [9.17, 15) is 4.79 Å². The van der Waals surface area contributed by atoms with Crippen LogP contribution in [0.1, 0.15) is 12.8 Å². The van der Waals surface area contributed by atoms with E-state index < -0.39 is 11.4 Å². The number of carboxylic acid groups (broad SMARTS) is 1. The SMILES string of the molecule is C=CCOCC1(C(=O)O)CCCNC1. The number of carbonyl (C=O) groups is 1. The summed E-state index contributed by atoms with van der Waals surface area (Å²) >= 11 is 0. The first-order chi connectivity index (χ1) is 6.71. The molecule has 0 spiro atoms. The van der Waals surface area contributed by atoms with Gasteiger partial charge in [0, 0.05) is 6.54 Å². The van der Waals surface area contributed by atoms with Crippen molar-refractivity contribution in [2.75, 3.05) is 26.3 Å². The minimum absolute atomic E-state index is 0.265. The van der Waals surface area contributed by atoms with Gasteiger partial charge in [0.2, 0.25) is 0 Å². The van der Waals surface area contributed by atoms with Crippen LogP contribution in [0.4, 0.5) is 0 Å². The normalized spacial score (nSPS) is 27.1. The molecule has 1 aliphatic rings. The summed E-state index contributed by atoms with van der Waals surface area (Å²) in [5.41, 5.74) is -0.735. The highest BCUT2D eigenvalue weighted by atomic mass is 16.5. The molecular formula is C10H17NO3. The van der Waals surface area contributed by atoms with Crippen molar-refractivity contribution in [3.8, 4) is 0 Å². The first-order valence-electron chi connectivity index (χ1n) is 4.84. The van der Waals surface area contributed by atoms with E-state index in [1.807, 2.05) is 0 Å². The monoisotopic (exact) mass is 199 g/mol. The molecule has 14 heavy (non-hydrogen) atoms. The Morgan fingerprint density at radius 2 is 2.50 bits per heavy atom. The lowest BCUT2D eigenvalue weighted by atomic mass is 9.81. The molecule has 0 aromatic heterocycles. The van der Waals surface area contributed by atoms with Crippen molar-refractivity contribution in [3.05, 3.63) is 12.7 Å². The Hall–Kier alpha value is -0.870. The van der Waals surface area contributed by atoms with Crippen molar-refractivity contribution in [2.45, 2.75) is 12.8 Å². The molecule has 1 rings (SSSR count). The Kier molecular flexibility index (Phi) is 4.10. The van der Waals surface area contributed by atoms with E-state index >= 15 is 0 Å². The number of aliphatic carboxylic acids is 1. The molecule has 1 heterocycles. The van der Waals surface area contributed by atoms with Crippen LogP contribution in [0.25, 0.3) is 0 Å². The first kappa shape index (κ1) is 11.2. The third-order valence-corrected chi connectivity index (χ3v) is 2.54. The van der Waals surface area contributed by atoms with Crippen LogP contribution in [0.2, 0.25) is 0 Å². The molecule has 1 unspecified atom stereocenters. The highest BCUT2D eigenvalue weighted by Gasteiger charge is 2.39. The maximum Gasteiger partial charge on any atom is 0.313 e. The van der Waals surface area contributed by atoms with Crippen molar-refractivity contribution in [2.24, 2.45) is 5.41 Å². The summed E-state index contributed by atoms with van der Waals surface area (Å²) in [4.78, 5) is 11.1. The summed E-state index contributed by atoms with van der Waals surface area (Å²) < 4.78 is 5.25. The fourth-order valence-corrected chi connectivity index (χ4v) is 1.67. The predicted molar refractivity (Wildman–Crippen MR) is 53.2 cm³/mol. The van der Waals surface area contributed by atoms with Gasteiger partial charge in [-0.05, 0) is 19.4 Å². The molecule has 0 radical (unpaired) electrons. The maximum atomic E-state index is 11.1. The van der Waals surface area contributed by atoms with E-state index in [0.29, 0.717) is 19.6 Å². The minimum Gasteiger partial charge on any atom is -0.481 e. The zero-order valence-electron chi connectivity index (χ0n) is 8.29. The second-order valence-corrected chi connectivity index (χ2v) is 3.67. The molecular weight excluding hydrogens is 182 g/mol. The van der Waals surface area contributed by atoms with Crippen LogP contribution in [0.5, 0.6) is 0 Å². The van der Waals surface area contributed by atoms with Crippen molar-refractivity contribution < 1.29 is 14.6 Å². The van der Waals surface area contributed by atoms with Crippen LogP contribution in [0.15, 0.2) is 12.7 Å². The molecule has 0 aromatic carbocycles. The number of piperidine rings is 1. The van der Waals surface area contributed by atoms with Gasteiger partial charge < -0.3 is 15.2 Å². The second kappa shape index (κ2) is 5.12. The van der Waals surface area contributed by atoms with Gasteiger partial charge in [-0.3, -0.25) is 4.79 Å². The van der Waals surface area contributed by atoms with E-state index in [1.165, 1.54) is 0 Å². The van der Waals surface area contributed by atoms with Gasteiger partial charge in [-0.1, -0.05) is 6.08 Å². The maximum absolute atomic E-state index is 11.1. The molecule has 0 saturated carbocycles. The third-order valence-electron chi connectivity index (χ3n) is 2.54. The minimum atomic E-state index is -0.770. The summed E-state index contributed by atoms with van der Waals surface area (Å²) in [6.45, 7) is 5.60. The molecule has 1 saturated heterocycles. The fraction of sp³-hybridized carbons (Fsp3) is 0.700. The highest BCUT2D eigenvalue weighted by Crippen LogP contribution is 2.26. The quantitative estimate of drug-likeness (QED) is 0.504. The number of nitrogens with one attached hydrogen (secondary N) is 1. The number of carboxylic acids is 1. The number of hydrogen-bond donors (Lipinski definition) is 2. The van der Waals surface area contributed by atoms with Gasteiger partial charge in [-0.15, -0.1) is 6.58 Å². The Balaban J connectivity index is 2.51. The molecule has 0 aliphatic carbocycles. The predicted octanol–water partition coefficient (Wildman–Crippen LogP) is 0.643. The lowest BCUT2D eigenvalue weighted by molar-refractivity contribution is -0.154. The standard InChI is InChI=1S/C10H17NO3/c1-2-6-14-8-10(9(12)13)4-3-5-11-7-10/h2,11H,1,3-8H2,(H,12,13). The van der Waals surface area contributed by atoms with Crippen LogP contribution < -0.4 is 5.32 Å². The van der Waals surface area contributed by atoms with Gasteiger partial charge in [0.1, 0.15) is 5.41 Å². The summed E-state index contributed by atoms with van der Waals surface area (Å²) in [6.07, 6.45) is 3.21. The van der Waals surface area contributed by atoms with E-state index in [1.54, 1.807) is 6.08 Å². The lowest BCUT2D eigenvalue weighted by Crippen LogP contribution is -2.48. The molecule has 2 N–H and O–H groups in total. The largest absolute Gasteiger partial charge is 0.481 e. The van der Waals surface area contributed by atoms with E-state index in [-0.39, 0.29) is 6.61 Å². The average molecular weight is 199 g/mol. The van der Waals surface area contributed by atoms with E-state index in [2.05, 4.69) is 11.9 Å². The van der Waals surface area contributed by atoms with Crippen LogP contribution in [0.3, 0.4) is 0 Å². The zero-order valence-corrected chi connectivity index (χ0v) is 8.29. The Bertz CT molecular complexity index is 209. The average Bonchev–Trinajstić information content (AvgIpc) is 2.19. The summed E-state index contributed by atoms with van der Waals surface area (Å²) in [6, 6.07) is 0. The van der Waals surface area contributed by atoms with Crippen molar-refractivity contribution in [3.63, 3.8) is 0 Å². The molecule has 4 heteroatoms. The third kappa shape index (κ3) is 2.56.